The third-order valence-corrected chi connectivity index (χ3v) is 10.1. The molecule has 1 aliphatic heterocycles. The van der Waals surface area contributed by atoms with Crippen LogP contribution in [-0.4, -0.2) is 35.5 Å². The van der Waals surface area contributed by atoms with E-state index in [1.54, 1.807) is 0 Å². The van der Waals surface area contributed by atoms with Crippen LogP contribution in [-0.2, 0) is 20.8 Å². The number of halogens is 1. The Kier molecular flexibility index (Phi) is 9.05. The molecule has 7 heteroatoms. The summed E-state index contributed by atoms with van der Waals surface area (Å²) in [7, 11) is 0. The van der Waals surface area contributed by atoms with Crippen molar-refractivity contribution in [2.24, 2.45) is 10.8 Å². The van der Waals surface area contributed by atoms with Gasteiger partial charge in [-0.15, -0.1) is 0 Å². The van der Waals surface area contributed by atoms with E-state index in [0.29, 0.717) is 35.3 Å². The maximum Gasteiger partial charge on any atom is 0.262 e. The largest absolute Gasteiger partial charge is 0.483 e. The number of allylic oxidation sites excluding steroid dienone is 4. The van der Waals surface area contributed by atoms with Crippen molar-refractivity contribution in [3.05, 3.63) is 116 Å². The number of nitrogens with one attached hydrogen (secondary N) is 1. The summed E-state index contributed by atoms with van der Waals surface area (Å²) in [6.07, 6.45) is 3.23. The van der Waals surface area contributed by atoms with Crippen LogP contribution in [0.5, 0.6) is 5.75 Å². The SMILES string of the molecule is Cc1ccc(NC(=O)COc2ccc(C3C4=C(CC(C)(C)CC4=O)N(CCc4ccccc4)C4=C3C(=O)CC(C)(C)C4)cc2Br)cc1. The molecule has 0 fully saturated rings. The van der Waals surface area contributed by atoms with Crippen LogP contribution < -0.4 is 10.1 Å². The Morgan fingerprint density at radius 3 is 2.02 bits per heavy atom. The van der Waals surface area contributed by atoms with E-state index < -0.39 is 5.92 Å². The molecule has 244 valence electrons. The van der Waals surface area contributed by atoms with Crippen molar-refractivity contribution in [2.75, 3.05) is 18.5 Å². The van der Waals surface area contributed by atoms with Crippen LogP contribution >= 0.6 is 15.9 Å². The average Bonchev–Trinajstić information content (AvgIpc) is 2.99. The number of amides is 1. The van der Waals surface area contributed by atoms with Gasteiger partial charge >= 0.3 is 0 Å². The molecule has 6 nitrogen and oxygen atoms in total. The van der Waals surface area contributed by atoms with Crippen molar-refractivity contribution in [3.63, 3.8) is 0 Å². The van der Waals surface area contributed by atoms with Gasteiger partial charge in [-0.2, -0.15) is 0 Å². The minimum absolute atomic E-state index is 0.111. The zero-order valence-electron chi connectivity index (χ0n) is 27.9. The molecule has 0 unspecified atom stereocenters. The molecule has 0 spiro atoms. The topological polar surface area (TPSA) is 75.7 Å². The van der Waals surface area contributed by atoms with Gasteiger partial charge in [-0.3, -0.25) is 14.4 Å². The summed E-state index contributed by atoms with van der Waals surface area (Å²) in [4.78, 5) is 43.3. The first kappa shape index (κ1) is 33.0. The molecule has 47 heavy (non-hydrogen) atoms. The number of ether oxygens (including phenoxy) is 1. The van der Waals surface area contributed by atoms with Crippen molar-refractivity contribution in [3.8, 4) is 5.75 Å². The minimum atomic E-state index is -0.449. The van der Waals surface area contributed by atoms with Gasteiger partial charge in [-0.1, -0.05) is 81.8 Å². The summed E-state index contributed by atoms with van der Waals surface area (Å²) in [6.45, 7) is 11.2. The lowest BCUT2D eigenvalue weighted by molar-refractivity contribution is -0.120. The zero-order chi connectivity index (χ0) is 33.5. The van der Waals surface area contributed by atoms with Crippen LogP contribution in [0.1, 0.15) is 76.0 Å². The lowest BCUT2D eigenvalue weighted by Gasteiger charge is -2.49. The number of Topliss-reactive ketones (excluding diaryl/α,β-unsaturated/α-hetero) is 2. The summed E-state index contributed by atoms with van der Waals surface area (Å²) in [5.74, 6) is 0.0287. The second kappa shape index (κ2) is 12.9. The van der Waals surface area contributed by atoms with E-state index in [1.807, 2.05) is 55.5 Å². The van der Waals surface area contributed by atoms with Crippen molar-refractivity contribution in [1.82, 2.24) is 4.90 Å². The maximum atomic E-state index is 14.2. The van der Waals surface area contributed by atoms with Crippen molar-refractivity contribution >= 4 is 39.1 Å². The van der Waals surface area contributed by atoms with Crippen LogP contribution in [0.15, 0.2) is 99.8 Å². The van der Waals surface area contributed by atoms with E-state index in [4.69, 9.17) is 4.74 Å². The molecular weight excluding hydrogens is 652 g/mol. The van der Waals surface area contributed by atoms with Gasteiger partial charge in [0, 0.05) is 53.5 Å². The second-order valence-corrected chi connectivity index (χ2v) is 15.7. The molecule has 0 aromatic heterocycles. The summed E-state index contributed by atoms with van der Waals surface area (Å²) >= 11 is 3.67. The number of hydrogen-bond acceptors (Lipinski definition) is 5. The highest BCUT2D eigenvalue weighted by Gasteiger charge is 2.48. The monoisotopic (exact) mass is 694 g/mol. The van der Waals surface area contributed by atoms with Gasteiger partial charge in [-0.05, 0) is 88.3 Å². The van der Waals surface area contributed by atoms with E-state index in [9.17, 15) is 14.4 Å². The molecular formula is C40H43BrN2O4. The quantitative estimate of drug-likeness (QED) is 0.255. The number of rotatable bonds is 8. The predicted molar refractivity (Wildman–Crippen MR) is 189 cm³/mol. The fraction of sp³-hybridized carbons (Fsp3) is 0.375. The third kappa shape index (κ3) is 7.15. The van der Waals surface area contributed by atoms with Crippen LogP contribution in [0.4, 0.5) is 5.69 Å². The van der Waals surface area contributed by atoms with E-state index in [2.05, 4.69) is 78.1 Å². The van der Waals surface area contributed by atoms with Gasteiger partial charge in [0.05, 0.1) is 4.47 Å². The Morgan fingerprint density at radius 1 is 0.851 bits per heavy atom. The molecule has 0 radical (unpaired) electrons. The van der Waals surface area contributed by atoms with E-state index in [0.717, 1.165) is 52.9 Å². The normalized spacial score (nSPS) is 19.0. The summed E-state index contributed by atoms with van der Waals surface area (Å²) < 4.78 is 6.58. The third-order valence-electron chi connectivity index (χ3n) is 9.47. The van der Waals surface area contributed by atoms with Crippen LogP contribution in [0, 0.1) is 17.8 Å². The fourth-order valence-electron chi connectivity index (χ4n) is 7.33. The molecule has 0 saturated heterocycles. The molecule has 1 heterocycles. The van der Waals surface area contributed by atoms with Crippen molar-refractivity contribution in [2.45, 2.75) is 72.6 Å². The molecule has 2 aliphatic carbocycles. The van der Waals surface area contributed by atoms with Crippen LogP contribution in [0.3, 0.4) is 0 Å². The predicted octanol–water partition coefficient (Wildman–Crippen LogP) is 8.70. The smallest absolute Gasteiger partial charge is 0.262 e. The Hall–Kier alpha value is -3.97. The Labute approximate surface area is 286 Å². The van der Waals surface area contributed by atoms with Gasteiger partial charge in [0.1, 0.15) is 5.75 Å². The molecule has 3 aliphatic rings. The standard InChI is InChI=1S/C40H43BrN2O4/c1-25-11-14-28(15-12-25)42-35(46)24-47-34-16-13-27(19-29(34)41)36-37-30(20-39(2,3)22-32(37)44)43(18-17-26-9-7-6-8-10-26)31-21-40(4,5)23-33(45)38(31)36/h6-16,19,36H,17-18,20-24H2,1-5H3,(H,42,46). The number of hydrogen-bond donors (Lipinski definition) is 1. The number of aryl methyl sites for hydroxylation is 1. The molecule has 0 atom stereocenters. The Bertz CT molecular complexity index is 1730. The number of anilines is 1. The molecule has 3 aromatic carbocycles. The average molecular weight is 696 g/mol. The molecule has 0 saturated carbocycles. The van der Waals surface area contributed by atoms with Gasteiger partial charge in [0.15, 0.2) is 18.2 Å². The van der Waals surface area contributed by atoms with E-state index in [-0.39, 0.29) is 34.9 Å². The fourth-order valence-corrected chi connectivity index (χ4v) is 7.84. The number of carbonyl (C=O) groups excluding carboxylic acids is 3. The highest BCUT2D eigenvalue weighted by molar-refractivity contribution is 9.10. The molecule has 6 rings (SSSR count). The van der Waals surface area contributed by atoms with Gasteiger partial charge in [0.25, 0.3) is 5.91 Å². The maximum absolute atomic E-state index is 14.2. The summed E-state index contributed by atoms with van der Waals surface area (Å²) in [6, 6.07) is 23.7. The number of carbonyl (C=O) groups is 3. The lowest BCUT2D eigenvalue weighted by Crippen LogP contribution is -2.45. The van der Waals surface area contributed by atoms with Crippen molar-refractivity contribution in [1.29, 1.82) is 0 Å². The first-order valence-electron chi connectivity index (χ1n) is 16.4. The molecule has 0 bridgehead atoms. The summed E-state index contributed by atoms with van der Waals surface area (Å²) in [5.41, 5.74) is 7.17. The van der Waals surface area contributed by atoms with E-state index in [1.165, 1.54) is 5.56 Å². The van der Waals surface area contributed by atoms with Crippen molar-refractivity contribution < 1.29 is 19.1 Å². The number of benzene rings is 3. The molecule has 1 N–H and O–H groups in total. The van der Waals surface area contributed by atoms with Gasteiger partial charge in [-0.25, -0.2) is 0 Å². The molecule has 3 aromatic rings. The number of ketones is 2. The zero-order valence-corrected chi connectivity index (χ0v) is 29.5. The van der Waals surface area contributed by atoms with Crippen LogP contribution in [0.25, 0.3) is 0 Å². The summed E-state index contributed by atoms with van der Waals surface area (Å²) in [5, 5.41) is 2.86. The minimum Gasteiger partial charge on any atom is -0.483 e. The Balaban J connectivity index is 1.35. The van der Waals surface area contributed by atoms with Gasteiger partial charge < -0.3 is 15.0 Å². The highest BCUT2D eigenvalue weighted by atomic mass is 79.9. The molecule has 1 amide bonds. The Morgan fingerprint density at radius 2 is 1.45 bits per heavy atom. The van der Waals surface area contributed by atoms with Crippen LogP contribution in [0.2, 0.25) is 0 Å². The second-order valence-electron chi connectivity index (χ2n) is 14.8. The number of nitrogens with zero attached hydrogens (tertiary/aromatic N) is 1. The first-order chi connectivity index (χ1) is 22.3. The van der Waals surface area contributed by atoms with Gasteiger partial charge in [0.2, 0.25) is 0 Å². The van der Waals surface area contributed by atoms with E-state index >= 15 is 0 Å². The first-order valence-corrected chi connectivity index (χ1v) is 17.2. The highest BCUT2D eigenvalue weighted by Crippen LogP contribution is 2.54. The lowest BCUT2D eigenvalue weighted by atomic mass is 9.63.